The molecular formula is C78H76N2O8P4. The van der Waals surface area contributed by atoms with E-state index in [0.29, 0.717) is 109 Å². The Morgan fingerprint density at radius 2 is 0.337 bits per heavy atom. The molecule has 0 amide bonds. The molecule has 0 N–H and O–H groups in total. The Morgan fingerprint density at radius 1 is 0.207 bits per heavy atom. The van der Waals surface area contributed by atoms with Gasteiger partial charge in [0, 0.05) is 0 Å². The predicted molar refractivity (Wildman–Crippen MR) is 387 cm³/mol. The van der Waals surface area contributed by atoms with Crippen molar-refractivity contribution in [2.24, 2.45) is 0 Å². The van der Waals surface area contributed by atoms with Crippen LogP contribution in [0.15, 0.2) is 320 Å². The van der Waals surface area contributed by atoms with Gasteiger partial charge in [0.1, 0.15) is 46.0 Å². The molecular weight excluding hydrogens is 1220 g/mol. The van der Waals surface area contributed by atoms with Gasteiger partial charge in [-0.15, -0.1) is 52.6 Å². The molecule has 0 radical (unpaired) electrons. The fraction of sp³-hybridized carbons (Fsp3) is 0.103. The summed E-state index contributed by atoms with van der Waals surface area (Å²) in [4.78, 5) is 0. The van der Waals surface area contributed by atoms with E-state index in [9.17, 15) is 0 Å². The third kappa shape index (κ3) is 18.0. The number of rotatable bonds is 38. The highest BCUT2D eigenvalue weighted by Gasteiger charge is 2.43. The first-order valence-corrected chi connectivity index (χ1v) is 34.7. The van der Waals surface area contributed by atoms with Crippen LogP contribution in [0.2, 0.25) is 0 Å². The molecule has 0 spiro atoms. The van der Waals surface area contributed by atoms with Crippen LogP contribution < -0.4 is 45.1 Å². The normalized spacial score (nSPS) is 10.8. The van der Waals surface area contributed by atoms with Gasteiger partial charge in [-0.2, -0.15) is 8.88 Å². The molecule has 9 aromatic carbocycles. The SMILES string of the molecule is C=CCc1ccccc1OP(Oc1ccccc1CC=C)N(c1ccc(N(P(Oc2ccccc2CC=C)Oc2ccccc2CC=C)P(Oc2ccccc2CC=C)Oc2ccccc2CC=C)cc1)P(Oc1ccccc1CC=C)Oc1ccccc1CC=C. The van der Waals surface area contributed by atoms with Gasteiger partial charge in [0.15, 0.2) is 0 Å². The zero-order chi connectivity index (χ0) is 64.3. The summed E-state index contributed by atoms with van der Waals surface area (Å²) in [6, 6.07) is 71.2. The van der Waals surface area contributed by atoms with E-state index in [2.05, 4.69) is 52.6 Å². The molecule has 10 nitrogen and oxygen atoms in total. The highest BCUT2D eigenvalue weighted by molar-refractivity contribution is 7.69. The molecule has 0 aliphatic heterocycles. The maximum absolute atomic E-state index is 7.41. The first-order valence-electron chi connectivity index (χ1n) is 30.1. The van der Waals surface area contributed by atoms with E-state index in [-0.39, 0.29) is 0 Å². The Kier molecular flexibility index (Phi) is 25.7. The minimum atomic E-state index is -2.32. The molecule has 92 heavy (non-hydrogen) atoms. The standard InChI is InChI=1S/C78H76N2O8P4/c1-9-33-61-41-17-25-49-71(61)81-89(82-72-50-26-18-42-62(72)34-10-2)79(90(83-73-51-27-19-43-63(73)35-11-3)84-74-52-28-20-44-64(74)36-12-4)69-57-59-70(60-58-69)80(91(85-75-53-29-21-45-65(75)37-13-5)86-76-54-30-22-46-66(76)38-14-6)92(87-77-55-31-23-47-67(77)39-15-7)88-78-56-32-24-48-68(78)40-16-8/h9-32,41-60H,1-8,33-40H2. The number of hydrogen-bond acceptors (Lipinski definition) is 10. The number of anilines is 2. The highest BCUT2D eigenvalue weighted by Crippen LogP contribution is 2.64. The van der Waals surface area contributed by atoms with Gasteiger partial charge in [-0.05, 0) is 169 Å². The van der Waals surface area contributed by atoms with E-state index in [1.54, 1.807) is 0 Å². The van der Waals surface area contributed by atoms with Crippen molar-refractivity contribution in [2.45, 2.75) is 51.4 Å². The van der Waals surface area contributed by atoms with Crippen molar-refractivity contribution >= 4 is 45.5 Å². The smallest absolute Gasteiger partial charge is 0.422 e. The van der Waals surface area contributed by atoms with Crippen LogP contribution in [0.5, 0.6) is 46.0 Å². The Morgan fingerprint density at radius 3 is 0.467 bits per heavy atom. The summed E-state index contributed by atoms with van der Waals surface area (Å²) in [5.41, 5.74) is 8.42. The minimum absolute atomic E-state index is 0.523. The van der Waals surface area contributed by atoms with Gasteiger partial charge in [-0.3, -0.25) is 0 Å². The third-order valence-electron chi connectivity index (χ3n) is 14.0. The molecule has 0 saturated carbocycles. The molecule has 0 aromatic heterocycles. The Hall–Kier alpha value is -9.38. The maximum Gasteiger partial charge on any atom is 0.426 e. The van der Waals surface area contributed by atoms with E-state index >= 15 is 0 Å². The Bertz CT molecular complexity index is 3250. The van der Waals surface area contributed by atoms with Crippen LogP contribution in [0.25, 0.3) is 0 Å². The summed E-state index contributed by atoms with van der Waals surface area (Å²) in [6.45, 7) is 32.9. The van der Waals surface area contributed by atoms with Crippen LogP contribution in [-0.2, 0) is 51.4 Å². The molecule has 0 bridgehead atoms. The highest BCUT2D eigenvalue weighted by atomic mass is 31.2. The molecule has 0 saturated heterocycles. The number of hydrogen-bond donors (Lipinski definition) is 0. The molecule has 0 aliphatic carbocycles. The number of para-hydroxylation sites is 8. The van der Waals surface area contributed by atoms with Crippen molar-refractivity contribution in [1.82, 2.24) is 0 Å². The lowest BCUT2D eigenvalue weighted by atomic mass is 10.1. The van der Waals surface area contributed by atoms with Gasteiger partial charge in [0.05, 0.1) is 11.4 Å². The molecule has 466 valence electrons. The summed E-state index contributed by atoms with van der Waals surface area (Å²) < 4.78 is 63.3. The van der Waals surface area contributed by atoms with Crippen LogP contribution >= 0.6 is 34.1 Å². The van der Waals surface area contributed by atoms with Crippen molar-refractivity contribution in [1.29, 1.82) is 0 Å². The predicted octanol–water partition coefficient (Wildman–Crippen LogP) is 22.7. The molecule has 0 aliphatic rings. The minimum Gasteiger partial charge on any atom is -0.422 e. The second-order valence-electron chi connectivity index (χ2n) is 20.6. The van der Waals surface area contributed by atoms with Crippen LogP contribution in [0.3, 0.4) is 0 Å². The van der Waals surface area contributed by atoms with Crippen molar-refractivity contribution in [3.63, 3.8) is 0 Å². The first-order chi connectivity index (χ1) is 45.3. The van der Waals surface area contributed by atoms with E-state index < -0.39 is 34.1 Å². The zero-order valence-electron chi connectivity index (χ0n) is 51.7. The largest absolute Gasteiger partial charge is 0.426 e. The van der Waals surface area contributed by atoms with Gasteiger partial charge in [0.25, 0.3) is 0 Å². The van der Waals surface area contributed by atoms with E-state index in [4.69, 9.17) is 36.2 Å². The van der Waals surface area contributed by atoms with Gasteiger partial charge >= 0.3 is 34.1 Å². The van der Waals surface area contributed by atoms with E-state index in [1.807, 2.05) is 276 Å². The van der Waals surface area contributed by atoms with Crippen molar-refractivity contribution in [2.75, 3.05) is 8.88 Å². The number of benzene rings is 9. The summed E-state index contributed by atoms with van der Waals surface area (Å²) in [7, 11) is -9.28. The fourth-order valence-corrected chi connectivity index (χ4v) is 16.3. The monoisotopic (exact) mass is 1290 g/mol. The average molecular weight is 1290 g/mol. The molecule has 9 rings (SSSR count). The van der Waals surface area contributed by atoms with E-state index in [1.165, 1.54) is 0 Å². The van der Waals surface area contributed by atoms with Crippen molar-refractivity contribution in [3.05, 3.63) is 364 Å². The van der Waals surface area contributed by atoms with Gasteiger partial charge in [-0.1, -0.05) is 194 Å². The zero-order valence-corrected chi connectivity index (χ0v) is 55.2. The third-order valence-corrected chi connectivity index (χ3v) is 20.8. The average Bonchev–Trinajstić information content (AvgIpc) is 1.05. The molecule has 0 atom stereocenters. The van der Waals surface area contributed by atoms with Gasteiger partial charge < -0.3 is 36.2 Å². The summed E-state index contributed by atoms with van der Waals surface area (Å²) in [5.74, 6) is 4.69. The topological polar surface area (TPSA) is 80.3 Å². The Balaban J connectivity index is 1.34. The number of allylic oxidation sites excluding steroid dienone is 8. The number of nitrogens with zero attached hydrogens (tertiary/aromatic N) is 2. The lowest BCUT2D eigenvalue weighted by Crippen LogP contribution is -2.24. The molecule has 0 heterocycles. The molecule has 0 unspecified atom stereocenters. The van der Waals surface area contributed by atoms with Crippen molar-refractivity contribution < 1.29 is 36.2 Å². The molecule has 0 fully saturated rings. The first kappa shape index (κ1) is 67.0. The van der Waals surface area contributed by atoms with Gasteiger partial charge in [0.2, 0.25) is 0 Å². The maximum atomic E-state index is 7.41. The summed E-state index contributed by atoms with van der Waals surface area (Å²) >= 11 is 0. The second-order valence-corrected chi connectivity index (χ2v) is 26.2. The molecule has 9 aromatic rings. The lowest BCUT2D eigenvalue weighted by Gasteiger charge is -2.36. The second kappa shape index (κ2) is 35.3. The van der Waals surface area contributed by atoms with Crippen LogP contribution in [0.1, 0.15) is 44.5 Å². The quantitative estimate of drug-likeness (QED) is 0.0276. The Labute approximate surface area is 548 Å². The van der Waals surface area contributed by atoms with E-state index in [0.717, 1.165) is 44.5 Å². The summed E-state index contributed by atoms with van der Waals surface area (Å²) in [6.07, 6.45) is 19.0. The van der Waals surface area contributed by atoms with Gasteiger partial charge in [-0.25, -0.2) is 0 Å². The fourth-order valence-electron chi connectivity index (χ4n) is 9.61. The van der Waals surface area contributed by atoms with Crippen LogP contribution in [-0.4, -0.2) is 0 Å². The lowest BCUT2D eigenvalue weighted by molar-refractivity contribution is 0.463. The van der Waals surface area contributed by atoms with Crippen LogP contribution in [0.4, 0.5) is 11.4 Å². The van der Waals surface area contributed by atoms with Crippen LogP contribution in [0, 0.1) is 0 Å². The summed E-state index contributed by atoms with van der Waals surface area (Å²) in [5, 5.41) is 0. The molecule has 14 heteroatoms. The van der Waals surface area contributed by atoms with Crippen molar-refractivity contribution in [3.8, 4) is 46.0 Å².